The van der Waals surface area contributed by atoms with Gasteiger partial charge in [-0.15, -0.1) is 0 Å². The number of nitrogens with one attached hydrogen (secondary N) is 2. The van der Waals surface area contributed by atoms with Gasteiger partial charge >= 0.3 is 0 Å². The third-order valence-electron chi connectivity index (χ3n) is 3.13. The van der Waals surface area contributed by atoms with Crippen LogP contribution < -0.4 is 10.0 Å². The molecule has 2 N–H and O–H groups in total. The smallest absolute Gasteiger partial charge is 0.242 e. The van der Waals surface area contributed by atoms with Gasteiger partial charge in [-0.05, 0) is 32.9 Å². The highest BCUT2D eigenvalue weighted by atomic mass is 32.2. The summed E-state index contributed by atoms with van der Waals surface area (Å²) < 4.78 is 28.8. The summed E-state index contributed by atoms with van der Waals surface area (Å²) in [5, 5.41) is 3.01. The van der Waals surface area contributed by atoms with E-state index in [-0.39, 0.29) is 5.54 Å². The minimum Gasteiger partial charge on any atom is -0.352 e. The molecular formula is C11H19N3O2S. The van der Waals surface area contributed by atoms with Gasteiger partial charge in [-0.2, -0.15) is 0 Å². The van der Waals surface area contributed by atoms with Crippen molar-refractivity contribution in [2.45, 2.75) is 36.7 Å². The topological polar surface area (TPSA) is 63.1 Å². The summed E-state index contributed by atoms with van der Waals surface area (Å²) in [6, 6.07) is 1.71. The first-order valence-corrected chi connectivity index (χ1v) is 7.18. The fraction of sp³-hybridized carbons (Fsp3) is 0.636. The molecule has 0 amide bonds. The van der Waals surface area contributed by atoms with Gasteiger partial charge in [-0.3, -0.25) is 0 Å². The van der Waals surface area contributed by atoms with E-state index in [9.17, 15) is 8.42 Å². The second kappa shape index (κ2) is 4.12. The van der Waals surface area contributed by atoms with Gasteiger partial charge in [0.05, 0.1) is 4.90 Å². The van der Waals surface area contributed by atoms with Crippen molar-refractivity contribution in [2.75, 3.05) is 7.05 Å². The van der Waals surface area contributed by atoms with Crippen LogP contribution in [0, 0.1) is 0 Å². The zero-order valence-corrected chi connectivity index (χ0v) is 11.3. The lowest BCUT2D eigenvalue weighted by Gasteiger charge is -2.10. The third-order valence-corrected chi connectivity index (χ3v) is 4.74. The second-order valence-electron chi connectivity index (χ2n) is 4.97. The number of hydrogen-bond donors (Lipinski definition) is 2. The maximum absolute atomic E-state index is 12.1. The Kier molecular flexibility index (Phi) is 3.05. The summed E-state index contributed by atoms with van der Waals surface area (Å²) in [6.07, 6.45) is 3.49. The molecule has 96 valence electrons. The molecule has 1 aromatic heterocycles. The Hall–Kier alpha value is -0.850. The Bertz CT molecular complexity index is 515. The molecule has 0 radical (unpaired) electrons. The minimum absolute atomic E-state index is 0.224. The molecule has 0 spiro atoms. The van der Waals surface area contributed by atoms with E-state index in [0.717, 1.165) is 18.5 Å². The Labute approximate surface area is 102 Å². The zero-order valence-electron chi connectivity index (χ0n) is 10.4. The molecule has 1 aromatic rings. The number of sulfonamides is 1. The Morgan fingerprint density at radius 3 is 2.65 bits per heavy atom. The molecule has 6 heteroatoms. The Morgan fingerprint density at radius 2 is 2.12 bits per heavy atom. The average Bonchev–Trinajstić information content (AvgIpc) is 2.79. The molecule has 0 aromatic carbocycles. The van der Waals surface area contributed by atoms with E-state index in [2.05, 4.69) is 10.0 Å². The minimum atomic E-state index is -3.37. The van der Waals surface area contributed by atoms with Crippen LogP contribution in [-0.4, -0.2) is 25.6 Å². The summed E-state index contributed by atoms with van der Waals surface area (Å²) in [6.45, 7) is 2.59. The summed E-state index contributed by atoms with van der Waals surface area (Å²) in [5.74, 6) is 0. The van der Waals surface area contributed by atoms with Crippen LogP contribution in [0.3, 0.4) is 0 Å². The first-order valence-electron chi connectivity index (χ1n) is 5.70. The SMILES string of the molecule is CNCc1cc(S(=O)(=O)NC2(C)CC2)cn1C. The molecular weight excluding hydrogens is 238 g/mol. The van der Waals surface area contributed by atoms with Crippen LogP contribution >= 0.6 is 0 Å². The molecule has 0 unspecified atom stereocenters. The molecule has 0 bridgehead atoms. The van der Waals surface area contributed by atoms with Crippen molar-refractivity contribution in [1.82, 2.24) is 14.6 Å². The van der Waals surface area contributed by atoms with Gasteiger partial charge < -0.3 is 9.88 Å². The van der Waals surface area contributed by atoms with Crippen LogP contribution in [0.2, 0.25) is 0 Å². The standard InChI is InChI=1S/C11H19N3O2S/c1-11(4-5-11)13-17(15,16)10-6-9(7-12-2)14(3)8-10/h6,8,12-13H,4-5,7H2,1-3H3. The highest BCUT2D eigenvalue weighted by molar-refractivity contribution is 7.89. The quantitative estimate of drug-likeness (QED) is 0.811. The number of rotatable bonds is 5. The summed E-state index contributed by atoms with van der Waals surface area (Å²) in [7, 11) is 0.316. The number of nitrogens with zero attached hydrogens (tertiary/aromatic N) is 1. The molecule has 17 heavy (non-hydrogen) atoms. The number of hydrogen-bond acceptors (Lipinski definition) is 3. The van der Waals surface area contributed by atoms with Crippen LogP contribution in [-0.2, 0) is 23.6 Å². The van der Waals surface area contributed by atoms with Gasteiger partial charge in [0.25, 0.3) is 0 Å². The monoisotopic (exact) mass is 257 g/mol. The molecule has 1 aliphatic rings. The zero-order chi connectivity index (χ0) is 12.7. The fourth-order valence-electron chi connectivity index (χ4n) is 1.75. The fourth-order valence-corrected chi connectivity index (χ4v) is 3.31. The van der Waals surface area contributed by atoms with Gasteiger partial charge in [0, 0.05) is 31.0 Å². The number of aromatic nitrogens is 1. The van der Waals surface area contributed by atoms with Crippen LogP contribution in [0.1, 0.15) is 25.5 Å². The lowest BCUT2D eigenvalue weighted by atomic mass is 10.4. The Balaban J connectivity index is 2.24. The first-order chi connectivity index (χ1) is 7.86. The predicted octanol–water partition coefficient (Wildman–Crippen LogP) is 0.575. The molecule has 0 saturated heterocycles. The van der Waals surface area contributed by atoms with E-state index < -0.39 is 10.0 Å². The van der Waals surface area contributed by atoms with Crippen molar-refractivity contribution >= 4 is 10.0 Å². The molecule has 1 saturated carbocycles. The lowest BCUT2D eigenvalue weighted by Crippen LogP contribution is -2.34. The highest BCUT2D eigenvalue weighted by Gasteiger charge is 2.41. The summed E-state index contributed by atoms with van der Waals surface area (Å²) in [4.78, 5) is 0.346. The van der Waals surface area contributed by atoms with Crippen LogP contribution in [0.25, 0.3) is 0 Å². The summed E-state index contributed by atoms with van der Waals surface area (Å²) in [5.41, 5.74) is 0.728. The van der Waals surface area contributed by atoms with Crippen molar-refractivity contribution in [2.24, 2.45) is 7.05 Å². The predicted molar refractivity (Wildman–Crippen MR) is 66.1 cm³/mol. The van der Waals surface area contributed by atoms with Gasteiger partial charge in [-0.1, -0.05) is 0 Å². The lowest BCUT2D eigenvalue weighted by molar-refractivity contribution is 0.558. The molecule has 5 nitrogen and oxygen atoms in total. The van der Waals surface area contributed by atoms with Crippen molar-refractivity contribution < 1.29 is 8.42 Å². The van der Waals surface area contributed by atoms with Crippen molar-refractivity contribution in [3.8, 4) is 0 Å². The Morgan fingerprint density at radius 1 is 1.47 bits per heavy atom. The van der Waals surface area contributed by atoms with Gasteiger partial charge in [0.2, 0.25) is 10.0 Å². The third kappa shape index (κ3) is 2.70. The van der Waals surface area contributed by atoms with Gasteiger partial charge in [-0.25, -0.2) is 13.1 Å². The van der Waals surface area contributed by atoms with Crippen molar-refractivity contribution in [3.63, 3.8) is 0 Å². The molecule has 1 aliphatic carbocycles. The highest BCUT2D eigenvalue weighted by Crippen LogP contribution is 2.36. The van der Waals surface area contributed by atoms with E-state index in [0.29, 0.717) is 11.4 Å². The normalized spacial score (nSPS) is 18.3. The largest absolute Gasteiger partial charge is 0.352 e. The van der Waals surface area contributed by atoms with E-state index in [1.165, 1.54) is 0 Å². The van der Waals surface area contributed by atoms with Crippen LogP contribution in [0.4, 0.5) is 0 Å². The average molecular weight is 257 g/mol. The van der Waals surface area contributed by atoms with E-state index >= 15 is 0 Å². The van der Waals surface area contributed by atoms with Gasteiger partial charge in [0.1, 0.15) is 0 Å². The van der Waals surface area contributed by atoms with E-state index in [1.54, 1.807) is 12.3 Å². The van der Waals surface area contributed by atoms with Crippen molar-refractivity contribution in [3.05, 3.63) is 18.0 Å². The van der Waals surface area contributed by atoms with Crippen molar-refractivity contribution in [1.29, 1.82) is 0 Å². The maximum atomic E-state index is 12.1. The molecule has 0 aliphatic heterocycles. The summed E-state index contributed by atoms with van der Waals surface area (Å²) >= 11 is 0. The van der Waals surface area contributed by atoms with E-state index in [4.69, 9.17) is 0 Å². The molecule has 1 fully saturated rings. The molecule has 0 atom stereocenters. The van der Waals surface area contributed by atoms with E-state index in [1.807, 2.05) is 25.6 Å². The first kappa shape index (κ1) is 12.6. The molecule has 2 rings (SSSR count). The second-order valence-corrected chi connectivity index (χ2v) is 6.66. The van der Waals surface area contributed by atoms with Crippen LogP contribution in [0.5, 0.6) is 0 Å². The van der Waals surface area contributed by atoms with Gasteiger partial charge in [0.15, 0.2) is 0 Å². The molecule has 1 heterocycles. The van der Waals surface area contributed by atoms with Crippen LogP contribution in [0.15, 0.2) is 17.2 Å². The maximum Gasteiger partial charge on any atom is 0.242 e. The number of aryl methyl sites for hydroxylation is 1.